The summed E-state index contributed by atoms with van der Waals surface area (Å²) >= 11 is 0. The van der Waals surface area contributed by atoms with E-state index in [-0.39, 0.29) is 23.9 Å². The third-order valence-electron chi connectivity index (χ3n) is 8.89. The molecule has 1 aromatic heterocycles. The fourth-order valence-corrected chi connectivity index (χ4v) is 18.5. The van der Waals surface area contributed by atoms with E-state index in [4.69, 9.17) is 13.6 Å². The molecular formula is C29H55N3O5Si2. The molecule has 2 rings (SSSR count). The molecule has 2 heterocycles. The number of anilines is 1. The molecule has 1 amide bonds. The smallest absolute Gasteiger partial charge is 0.351 e. The van der Waals surface area contributed by atoms with Crippen LogP contribution >= 0.6 is 0 Å². The number of nitrogens with one attached hydrogen (secondary N) is 1. The molecule has 1 N–H and O–H groups in total. The van der Waals surface area contributed by atoms with Gasteiger partial charge in [0.15, 0.2) is 8.32 Å². The highest BCUT2D eigenvalue weighted by Gasteiger charge is 2.51. The molecule has 1 aliphatic heterocycles. The lowest BCUT2D eigenvalue weighted by atomic mass is 10.2. The van der Waals surface area contributed by atoms with Crippen molar-refractivity contribution in [1.29, 1.82) is 0 Å². The molecule has 39 heavy (non-hydrogen) atoms. The first kappa shape index (κ1) is 33.9. The predicted octanol–water partition coefficient (Wildman–Crippen LogP) is 7.24. The van der Waals surface area contributed by atoms with Gasteiger partial charge in [-0.15, -0.1) is 0 Å². The summed E-state index contributed by atoms with van der Waals surface area (Å²) in [6.07, 6.45) is 1.22. The minimum absolute atomic E-state index is 0.186. The lowest BCUT2D eigenvalue weighted by Gasteiger charge is -2.45. The van der Waals surface area contributed by atoms with Gasteiger partial charge in [0.05, 0.1) is 12.7 Å². The number of hydrogen-bond donors (Lipinski definition) is 1. The second kappa shape index (κ2) is 13.6. The molecule has 0 saturated carbocycles. The molecule has 8 nitrogen and oxygen atoms in total. The Hall–Kier alpha value is -1.34. The van der Waals surface area contributed by atoms with Gasteiger partial charge in [-0.1, -0.05) is 83.1 Å². The van der Waals surface area contributed by atoms with E-state index in [2.05, 4.69) is 93.4 Å². The quantitative estimate of drug-likeness (QED) is 0.247. The minimum Gasteiger partial charge on any atom is -0.413 e. The van der Waals surface area contributed by atoms with Crippen molar-refractivity contribution < 1.29 is 18.4 Å². The van der Waals surface area contributed by atoms with Crippen molar-refractivity contribution in [3.8, 4) is 0 Å². The van der Waals surface area contributed by atoms with Gasteiger partial charge in [-0.3, -0.25) is 9.36 Å². The molecule has 0 radical (unpaired) electrons. The van der Waals surface area contributed by atoms with Gasteiger partial charge in [-0.05, 0) is 39.3 Å². The van der Waals surface area contributed by atoms with Crippen molar-refractivity contribution in [3.05, 3.63) is 22.7 Å². The van der Waals surface area contributed by atoms with Gasteiger partial charge in [0, 0.05) is 19.5 Å². The Labute approximate surface area is 238 Å². The number of nitrogens with zero attached hydrogens (tertiary/aromatic N) is 2. The van der Waals surface area contributed by atoms with Crippen LogP contribution < -0.4 is 11.0 Å². The van der Waals surface area contributed by atoms with Gasteiger partial charge in [-0.25, -0.2) is 4.79 Å². The van der Waals surface area contributed by atoms with Crippen molar-refractivity contribution in [2.75, 3.05) is 11.9 Å². The van der Waals surface area contributed by atoms with Crippen LogP contribution in [0.5, 0.6) is 0 Å². The second-order valence-electron chi connectivity index (χ2n) is 13.2. The molecule has 0 unspecified atom stereocenters. The van der Waals surface area contributed by atoms with Crippen molar-refractivity contribution in [3.63, 3.8) is 0 Å². The zero-order valence-corrected chi connectivity index (χ0v) is 28.7. The number of carbonyl (C=O) groups excluding carboxylic acids is 1. The maximum Gasteiger partial charge on any atom is 0.351 e. The zero-order chi connectivity index (χ0) is 29.9. The minimum atomic E-state index is -2.22. The number of ether oxygens (including phenoxy) is 1. The normalized spacial score (nSPS) is 20.8. The summed E-state index contributed by atoms with van der Waals surface area (Å²) in [7, 11) is -4.35. The van der Waals surface area contributed by atoms with Gasteiger partial charge >= 0.3 is 5.69 Å². The molecular weight excluding hydrogens is 527 g/mol. The lowest BCUT2D eigenvalue weighted by molar-refractivity contribution is -0.114. The number of hydrogen-bond acceptors (Lipinski definition) is 6. The monoisotopic (exact) mass is 581 g/mol. The highest BCUT2D eigenvalue weighted by atomic mass is 28.4. The Morgan fingerprint density at radius 1 is 0.949 bits per heavy atom. The number of amides is 1. The summed E-state index contributed by atoms with van der Waals surface area (Å²) in [5, 5.41) is 2.58. The Bertz CT molecular complexity index is 965. The van der Waals surface area contributed by atoms with E-state index >= 15 is 0 Å². The molecule has 1 aromatic rings. The Kier molecular flexibility index (Phi) is 11.8. The van der Waals surface area contributed by atoms with Crippen LogP contribution in [-0.4, -0.2) is 50.9 Å². The zero-order valence-electron chi connectivity index (χ0n) is 26.7. The third kappa shape index (κ3) is 7.12. The lowest BCUT2D eigenvalue weighted by Crippen LogP contribution is -2.53. The van der Waals surface area contributed by atoms with Gasteiger partial charge < -0.3 is 18.9 Å². The van der Waals surface area contributed by atoms with Crippen molar-refractivity contribution in [2.45, 2.75) is 148 Å². The average molecular weight is 582 g/mol. The average Bonchev–Trinajstić information content (AvgIpc) is 3.18. The molecule has 0 aromatic carbocycles. The van der Waals surface area contributed by atoms with Crippen molar-refractivity contribution in [1.82, 2.24) is 9.55 Å². The van der Waals surface area contributed by atoms with Gasteiger partial charge in [0.25, 0.3) is 0 Å². The van der Waals surface area contributed by atoms with Crippen LogP contribution in [0.1, 0.15) is 103 Å². The van der Waals surface area contributed by atoms with E-state index in [9.17, 15) is 9.59 Å². The molecule has 3 atom stereocenters. The summed E-state index contributed by atoms with van der Waals surface area (Å²) in [4.78, 5) is 28.5. The van der Waals surface area contributed by atoms with Crippen LogP contribution in [0.25, 0.3) is 0 Å². The highest BCUT2D eigenvalue weighted by molar-refractivity contribution is 6.78. The van der Waals surface area contributed by atoms with Crippen LogP contribution in [0, 0.1) is 0 Å². The molecule has 224 valence electrons. The fraction of sp³-hybridized carbons (Fsp3) is 0.828. The van der Waals surface area contributed by atoms with Gasteiger partial charge in [0.1, 0.15) is 18.1 Å². The van der Waals surface area contributed by atoms with Crippen LogP contribution in [0.15, 0.2) is 17.1 Å². The summed E-state index contributed by atoms with van der Waals surface area (Å²) in [5.41, 5.74) is 2.19. The van der Waals surface area contributed by atoms with Crippen LogP contribution in [0.2, 0.25) is 33.2 Å². The first-order chi connectivity index (χ1) is 18.0. The van der Waals surface area contributed by atoms with E-state index < -0.39 is 28.6 Å². The number of rotatable bonds is 13. The summed E-state index contributed by atoms with van der Waals surface area (Å²) in [6, 6.07) is 1.63. The summed E-state index contributed by atoms with van der Waals surface area (Å²) in [6.45, 7) is 29.3. The van der Waals surface area contributed by atoms with Crippen LogP contribution in [0.3, 0.4) is 0 Å². The maximum atomic E-state index is 13.0. The molecule has 1 fully saturated rings. The van der Waals surface area contributed by atoms with Crippen LogP contribution in [-0.2, 0) is 18.4 Å². The molecule has 10 heteroatoms. The van der Waals surface area contributed by atoms with E-state index in [1.165, 1.54) is 11.5 Å². The Morgan fingerprint density at radius 3 is 1.85 bits per heavy atom. The van der Waals surface area contributed by atoms with Gasteiger partial charge in [-0.2, -0.15) is 4.98 Å². The van der Waals surface area contributed by atoms with Crippen molar-refractivity contribution in [2.24, 2.45) is 0 Å². The molecule has 0 spiro atoms. The second-order valence-corrected chi connectivity index (χ2v) is 24.0. The Balaban J connectivity index is 2.48. The first-order valence-corrected chi connectivity index (χ1v) is 19.1. The first-order valence-electron chi connectivity index (χ1n) is 14.8. The van der Waals surface area contributed by atoms with E-state index in [1.54, 1.807) is 12.3 Å². The molecule has 0 bridgehead atoms. The standard InChI is InChI=1S/C29H55N3O5Si2/c1-18(2)38(19(3)4,20(5)6)35-17-26-25(37-39(21(7)8,22(9)10)23(11)12)16-28(36-26)32-15-14-27(30-24(13)33)31-29(32)34/h14-15,18-23,25-26,28H,16-17H2,1-13H3,(H,30,31,33,34)/t25-,26+,28+/m0/s1. The van der Waals surface area contributed by atoms with E-state index in [0.717, 1.165) is 0 Å². The van der Waals surface area contributed by atoms with E-state index in [1.807, 2.05) is 0 Å². The fourth-order valence-electron chi connectivity index (χ4n) is 7.42. The molecule has 1 saturated heterocycles. The van der Waals surface area contributed by atoms with E-state index in [0.29, 0.717) is 46.3 Å². The Morgan fingerprint density at radius 2 is 1.44 bits per heavy atom. The number of carbonyl (C=O) groups is 1. The maximum absolute atomic E-state index is 13.0. The predicted molar refractivity (Wildman–Crippen MR) is 164 cm³/mol. The summed E-state index contributed by atoms with van der Waals surface area (Å²) < 4.78 is 22.4. The molecule has 1 aliphatic rings. The SMILES string of the molecule is CC(=O)Nc1ccn([C@H]2C[C@H](O[Si](C(C)C)(C(C)C)C(C)C)[C@@H](CO[Si](C(C)C)(C(C)C)C(C)C)O2)c(=O)n1. The number of aromatic nitrogens is 2. The van der Waals surface area contributed by atoms with Crippen molar-refractivity contribution >= 4 is 28.4 Å². The third-order valence-corrected chi connectivity index (χ3v) is 21.1. The van der Waals surface area contributed by atoms with Gasteiger partial charge in [0.2, 0.25) is 14.2 Å². The highest BCUT2D eigenvalue weighted by Crippen LogP contribution is 2.47. The molecule has 0 aliphatic carbocycles. The summed E-state index contributed by atoms with van der Waals surface area (Å²) in [5.74, 6) is -0.0326. The largest absolute Gasteiger partial charge is 0.413 e. The topological polar surface area (TPSA) is 91.7 Å². The van der Waals surface area contributed by atoms with Crippen LogP contribution in [0.4, 0.5) is 5.82 Å².